The third kappa shape index (κ3) is 5.25. The summed E-state index contributed by atoms with van der Waals surface area (Å²) < 4.78 is 4.77. The highest BCUT2D eigenvalue weighted by molar-refractivity contribution is 5.95. The molecule has 31 heavy (non-hydrogen) atoms. The van der Waals surface area contributed by atoms with Crippen molar-refractivity contribution in [3.8, 4) is 0 Å². The molecule has 2 aromatic carbocycles. The maximum absolute atomic E-state index is 13.0. The van der Waals surface area contributed by atoms with Crippen molar-refractivity contribution in [2.24, 2.45) is 0 Å². The molecule has 1 heterocycles. The number of hydrogen-bond acceptors (Lipinski definition) is 5. The zero-order chi connectivity index (χ0) is 22.5. The fourth-order valence-corrected chi connectivity index (χ4v) is 4.21. The molecule has 1 N–H and O–H groups in total. The molecule has 6 nitrogen and oxygen atoms in total. The molecular weight excluding hydrogens is 390 g/mol. The summed E-state index contributed by atoms with van der Waals surface area (Å²) in [4.78, 5) is 29.2. The van der Waals surface area contributed by atoms with Gasteiger partial charge in [-0.1, -0.05) is 32.0 Å². The molecule has 166 valence electrons. The van der Waals surface area contributed by atoms with Crippen molar-refractivity contribution < 1.29 is 14.3 Å². The zero-order valence-corrected chi connectivity index (χ0v) is 19.1. The topological polar surface area (TPSA) is 61.9 Å². The van der Waals surface area contributed by atoms with E-state index in [0.717, 1.165) is 36.6 Å². The lowest BCUT2D eigenvalue weighted by Crippen LogP contribution is -2.57. The lowest BCUT2D eigenvalue weighted by molar-refractivity contribution is -0.121. The van der Waals surface area contributed by atoms with Gasteiger partial charge in [0.05, 0.1) is 18.7 Å². The number of anilines is 2. The fraction of sp³-hybridized carbons (Fsp3) is 0.440. The molecular formula is C25H33N3O3. The SMILES string of the molecule is COC(=O)c1ccc(N2CCN(C(C)C(=O)Nc3ccccc3C(C)C)C(C)C2)cc1. The normalized spacial score (nSPS) is 18.0. The number of para-hydroxylation sites is 1. The van der Waals surface area contributed by atoms with Gasteiger partial charge < -0.3 is 15.0 Å². The highest BCUT2D eigenvalue weighted by Crippen LogP contribution is 2.25. The third-order valence-corrected chi connectivity index (χ3v) is 6.05. The van der Waals surface area contributed by atoms with Crippen LogP contribution in [0.4, 0.5) is 11.4 Å². The van der Waals surface area contributed by atoms with Gasteiger partial charge in [-0.3, -0.25) is 9.69 Å². The van der Waals surface area contributed by atoms with Gasteiger partial charge in [0, 0.05) is 37.1 Å². The van der Waals surface area contributed by atoms with E-state index in [1.807, 2.05) is 37.3 Å². The van der Waals surface area contributed by atoms with Crippen LogP contribution in [-0.4, -0.2) is 55.6 Å². The van der Waals surface area contributed by atoms with Gasteiger partial charge in [0.15, 0.2) is 0 Å². The largest absolute Gasteiger partial charge is 0.465 e. The Balaban J connectivity index is 1.62. The van der Waals surface area contributed by atoms with Gasteiger partial charge in [-0.25, -0.2) is 4.79 Å². The van der Waals surface area contributed by atoms with Gasteiger partial charge >= 0.3 is 5.97 Å². The van der Waals surface area contributed by atoms with Crippen LogP contribution >= 0.6 is 0 Å². The first-order valence-corrected chi connectivity index (χ1v) is 10.9. The predicted molar refractivity (Wildman–Crippen MR) is 125 cm³/mol. The Morgan fingerprint density at radius 2 is 1.71 bits per heavy atom. The molecule has 1 aliphatic rings. The minimum Gasteiger partial charge on any atom is -0.465 e. The molecule has 0 aromatic heterocycles. The summed E-state index contributed by atoms with van der Waals surface area (Å²) in [5.41, 5.74) is 3.66. The van der Waals surface area contributed by atoms with Crippen LogP contribution in [0.3, 0.4) is 0 Å². The first kappa shape index (κ1) is 22.8. The number of nitrogens with zero attached hydrogens (tertiary/aromatic N) is 2. The molecule has 0 saturated carbocycles. The van der Waals surface area contributed by atoms with Crippen molar-refractivity contribution in [1.82, 2.24) is 4.90 Å². The molecule has 2 atom stereocenters. The molecule has 0 bridgehead atoms. The van der Waals surface area contributed by atoms with Crippen LogP contribution in [0.5, 0.6) is 0 Å². The Hall–Kier alpha value is -2.86. The number of methoxy groups -OCH3 is 1. The molecule has 1 aliphatic heterocycles. The smallest absolute Gasteiger partial charge is 0.337 e. The van der Waals surface area contributed by atoms with E-state index in [-0.39, 0.29) is 24.0 Å². The number of rotatable bonds is 6. The monoisotopic (exact) mass is 423 g/mol. The Bertz CT molecular complexity index is 910. The van der Waals surface area contributed by atoms with Crippen LogP contribution in [0.25, 0.3) is 0 Å². The minimum atomic E-state index is -0.330. The van der Waals surface area contributed by atoms with E-state index in [1.165, 1.54) is 7.11 Å². The standard InChI is InChI=1S/C25H33N3O3/c1-17(2)22-8-6-7-9-23(22)26-24(29)19(4)28-15-14-27(16-18(28)3)21-12-10-20(11-13-21)25(30)31-5/h6-13,17-19H,14-16H2,1-5H3,(H,26,29). The van der Waals surface area contributed by atoms with Gasteiger partial charge in [-0.2, -0.15) is 0 Å². The van der Waals surface area contributed by atoms with E-state index < -0.39 is 0 Å². The van der Waals surface area contributed by atoms with Crippen LogP contribution in [0.2, 0.25) is 0 Å². The van der Waals surface area contributed by atoms with Gasteiger partial charge in [0.25, 0.3) is 0 Å². The van der Waals surface area contributed by atoms with Crippen LogP contribution in [-0.2, 0) is 9.53 Å². The number of hydrogen-bond donors (Lipinski definition) is 1. The summed E-state index contributed by atoms with van der Waals surface area (Å²) >= 11 is 0. The van der Waals surface area contributed by atoms with Crippen LogP contribution in [0.15, 0.2) is 48.5 Å². The molecule has 2 unspecified atom stereocenters. The number of carbonyl (C=O) groups excluding carboxylic acids is 2. The van der Waals surface area contributed by atoms with Gasteiger partial charge in [0.1, 0.15) is 0 Å². The van der Waals surface area contributed by atoms with Crippen molar-refractivity contribution in [2.45, 2.75) is 45.7 Å². The number of carbonyl (C=O) groups is 2. The first-order chi connectivity index (χ1) is 14.8. The number of benzene rings is 2. The summed E-state index contributed by atoms with van der Waals surface area (Å²) in [5, 5.41) is 3.14. The Morgan fingerprint density at radius 1 is 1.03 bits per heavy atom. The van der Waals surface area contributed by atoms with Crippen molar-refractivity contribution in [3.63, 3.8) is 0 Å². The van der Waals surface area contributed by atoms with E-state index >= 15 is 0 Å². The Labute approximate surface area is 185 Å². The molecule has 3 rings (SSSR count). The Kier molecular flexibility index (Phi) is 7.33. The second-order valence-corrected chi connectivity index (χ2v) is 8.48. The number of nitrogens with one attached hydrogen (secondary N) is 1. The third-order valence-electron chi connectivity index (χ3n) is 6.05. The Morgan fingerprint density at radius 3 is 2.32 bits per heavy atom. The van der Waals surface area contributed by atoms with E-state index in [1.54, 1.807) is 12.1 Å². The lowest BCUT2D eigenvalue weighted by atomic mass is 10.0. The van der Waals surface area contributed by atoms with Crippen molar-refractivity contribution in [1.29, 1.82) is 0 Å². The first-order valence-electron chi connectivity index (χ1n) is 10.9. The van der Waals surface area contributed by atoms with E-state index in [4.69, 9.17) is 4.74 Å². The highest BCUT2D eigenvalue weighted by Gasteiger charge is 2.31. The van der Waals surface area contributed by atoms with Crippen LogP contribution in [0, 0.1) is 0 Å². The molecule has 6 heteroatoms. The van der Waals surface area contributed by atoms with Crippen molar-refractivity contribution in [3.05, 3.63) is 59.7 Å². The predicted octanol–water partition coefficient (Wildman–Crippen LogP) is 4.13. The number of amides is 1. The number of esters is 1. The summed E-state index contributed by atoms with van der Waals surface area (Å²) in [7, 11) is 1.38. The second kappa shape index (κ2) is 9.96. The average Bonchev–Trinajstić information content (AvgIpc) is 2.78. The molecule has 1 saturated heterocycles. The summed E-state index contributed by atoms with van der Waals surface area (Å²) in [5.74, 6) is 0.0410. The maximum atomic E-state index is 13.0. The fourth-order valence-electron chi connectivity index (χ4n) is 4.21. The molecule has 0 radical (unpaired) electrons. The minimum absolute atomic E-state index is 0.0239. The molecule has 2 aromatic rings. The zero-order valence-electron chi connectivity index (χ0n) is 19.1. The molecule has 0 spiro atoms. The van der Waals surface area contributed by atoms with E-state index in [9.17, 15) is 9.59 Å². The summed E-state index contributed by atoms with van der Waals surface area (Å²) in [6.45, 7) is 10.8. The highest BCUT2D eigenvalue weighted by atomic mass is 16.5. The van der Waals surface area contributed by atoms with E-state index in [0.29, 0.717) is 11.5 Å². The second-order valence-electron chi connectivity index (χ2n) is 8.48. The quantitative estimate of drug-likeness (QED) is 0.708. The van der Waals surface area contributed by atoms with Gasteiger partial charge in [-0.05, 0) is 55.7 Å². The van der Waals surface area contributed by atoms with Gasteiger partial charge in [-0.15, -0.1) is 0 Å². The lowest BCUT2D eigenvalue weighted by Gasteiger charge is -2.43. The number of ether oxygens (including phenoxy) is 1. The van der Waals surface area contributed by atoms with Gasteiger partial charge in [0.2, 0.25) is 5.91 Å². The average molecular weight is 424 g/mol. The van der Waals surface area contributed by atoms with E-state index in [2.05, 4.69) is 42.0 Å². The van der Waals surface area contributed by atoms with Crippen molar-refractivity contribution >= 4 is 23.3 Å². The number of piperazine rings is 1. The molecule has 1 fully saturated rings. The van der Waals surface area contributed by atoms with Crippen LogP contribution < -0.4 is 10.2 Å². The molecule has 1 amide bonds. The van der Waals surface area contributed by atoms with Crippen LogP contribution in [0.1, 0.15) is 49.5 Å². The van der Waals surface area contributed by atoms with Crippen molar-refractivity contribution in [2.75, 3.05) is 37.0 Å². The summed E-state index contributed by atoms with van der Waals surface area (Å²) in [6, 6.07) is 15.5. The molecule has 0 aliphatic carbocycles. The maximum Gasteiger partial charge on any atom is 0.337 e. The summed E-state index contributed by atoms with van der Waals surface area (Å²) in [6.07, 6.45) is 0.